The van der Waals surface area contributed by atoms with E-state index in [0.29, 0.717) is 0 Å². The van der Waals surface area contributed by atoms with Crippen LogP contribution in [0.15, 0.2) is 78.9 Å². The first-order valence-corrected chi connectivity index (χ1v) is 9.12. The average molecular weight is 327 g/mol. The zero-order valence-electron chi connectivity index (χ0n) is 15.1. The Hall–Kier alpha value is -2.38. The van der Waals surface area contributed by atoms with Crippen LogP contribution in [-0.4, -0.2) is 11.4 Å². The van der Waals surface area contributed by atoms with Gasteiger partial charge in [-0.1, -0.05) is 84.4 Å². The SMILES string of the molecule is Cc1ccc(C2(C)c3ccccc3CCN2Cc2ccccc2)cc1. The van der Waals surface area contributed by atoms with Crippen LogP contribution in [0.3, 0.4) is 0 Å². The van der Waals surface area contributed by atoms with Gasteiger partial charge in [0.1, 0.15) is 0 Å². The van der Waals surface area contributed by atoms with E-state index < -0.39 is 0 Å². The van der Waals surface area contributed by atoms with Crippen molar-refractivity contribution in [1.29, 1.82) is 0 Å². The highest BCUT2D eigenvalue weighted by Crippen LogP contribution is 2.41. The van der Waals surface area contributed by atoms with Crippen molar-refractivity contribution < 1.29 is 0 Å². The molecule has 1 atom stereocenters. The first kappa shape index (κ1) is 16.1. The van der Waals surface area contributed by atoms with Crippen molar-refractivity contribution in [3.63, 3.8) is 0 Å². The lowest BCUT2D eigenvalue weighted by molar-refractivity contribution is 0.117. The molecule has 0 spiro atoms. The Morgan fingerprint density at radius 3 is 2.28 bits per heavy atom. The lowest BCUT2D eigenvalue weighted by atomic mass is 9.76. The van der Waals surface area contributed by atoms with E-state index in [1.54, 1.807) is 0 Å². The number of rotatable bonds is 3. The van der Waals surface area contributed by atoms with Crippen LogP contribution in [0.2, 0.25) is 0 Å². The Labute approximate surface area is 150 Å². The van der Waals surface area contributed by atoms with Gasteiger partial charge < -0.3 is 0 Å². The molecule has 1 nitrogen and oxygen atoms in total. The standard InChI is InChI=1S/C24H25N/c1-19-12-14-22(15-13-19)24(2)23-11-7-6-10-21(23)16-17-25(24)18-20-8-4-3-5-9-20/h3-15H,16-18H2,1-2H3. The van der Waals surface area contributed by atoms with E-state index in [1.807, 2.05) is 0 Å². The fourth-order valence-electron chi connectivity index (χ4n) is 4.12. The molecule has 1 heteroatoms. The maximum Gasteiger partial charge on any atom is 0.0692 e. The highest BCUT2D eigenvalue weighted by atomic mass is 15.2. The number of hydrogen-bond acceptors (Lipinski definition) is 1. The molecule has 0 aliphatic carbocycles. The fraction of sp³-hybridized carbons (Fsp3) is 0.250. The zero-order valence-corrected chi connectivity index (χ0v) is 15.1. The van der Waals surface area contributed by atoms with E-state index in [4.69, 9.17) is 0 Å². The van der Waals surface area contributed by atoms with E-state index in [1.165, 1.54) is 27.8 Å². The maximum atomic E-state index is 2.63. The van der Waals surface area contributed by atoms with Crippen molar-refractivity contribution >= 4 is 0 Å². The number of nitrogens with zero attached hydrogens (tertiary/aromatic N) is 1. The largest absolute Gasteiger partial charge is 0.285 e. The van der Waals surface area contributed by atoms with Crippen LogP contribution in [-0.2, 0) is 18.5 Å². The molecule has 0 aromatic heterocycles. The predicted molar refractivity (Wildman–Crippen MR) is 105 cm³/mol. The second kappa shape index (κ2) is 6.50. The van der Waals surface area contributed by atoms with Gasteiger partial charge in [0, 0.05) is 13.1 Å². The minimum absolute atomic E-state index is 0.0988. The van der Waals surface area contributed by atoms with Crippen molar-refractivity contribution in [3.05, 3.63) is 107 Å². The van der Waals surface area contributed by atoms with Crippen LogP contribution in [0.5, 0.6) is 0 Å². The number of benzene rings is 3. The molecule has 126 valence electrons. The van der Waals surface area contributed by atoms with Gasteiger partial charge in [0.2, 0.25) is 0 Å². The lowest BCUT2D eigenvalue weighted by Crippen LogP contribution is -2.48. The van der Waals surface area contributed by atoms with Gasteiger partial charge in [-0.15, -0.1) is 0 Å². The highest BCUT2D eigenvalue weighted by Gasteiger charge is 2.39. The van der Waals surface area contributed by atoms with Gasteiger partial charge in [0.25, 0.3) is 0 Å². The summed E-state index contributed by atoms with van der Waals surface area (Å²) in [4.78, 5) is 2.63. The molecule has 1 aliphatic rings. The van der Waals surface area contributed by atoms with Crippen molar-refractivity contribution in [1.82, 2.24) is 4.90 Å². The third kappa shape index (κ3) is 2.89. The summed E-state index contributed by atoms with van der Waals surface area (Å²) >= 11 is 0. The average Bonchev–Trinajstić information content (AvgIpc) is 2.66. The molecule has 3 aromatic rings. The predicted octanol–water partition coefficient (Wildman–Crippen LogP) is 5.32. The molecule has 1 heterocycles. The minimum atomic E-state index is -0.0988. The summed E-state index contributed by atoms with van der Waals surface area (Å²) in [7, 11) is 0. The monoisotopic (exact) mass is 327 g/mol. The molecule has 3 aromatic carbocycles. The zero-order chi connectivity index (χ0) is 17.3. The molecule has 1 unspecified atom stereocenters. The van der Waals surface area contributed by atoms with Crippen LogP contribution in [0.4, 0.5) is 0 Å². The molecule has 25 heavy (non-hydrogen) atoms. The Kier molecular flexibility index (Phi) is 4.19. The van der Waals surface area contributed by atoms with Gasteiger partial charge in [-0.05, 0) is 42.5 Å². The second-order valence-corrected chi connectivity index (χ2v) is 7.25. The fourth-order valence-corrected chi connectivity index (χ4v) is 4.12. The first-order chi connectivity index (χ1) is 12.2. The first-order valence-electron chi connectivity index (χ1n) is 9.12. The summed E-state index contributed by atoms with van der Waals surface area (Å²) in [5, 5.41) is 0. The Bertz CT molecular complexity index is 851. The smallest absolute Gasteiger partial charge is 0.0692 e. The number of hydrogen-bond donors (Lipinski definition) is 0. The van der Waals surface area contributed by atoms with Crippen LogP contribution >= 0.6 is 0 Å². The molecule has 0 saturated heterocycles. The topological polar surface area (TPSA) is 3.24 Å². The van der Waals surface area contributed by atoms with Gasteiger partial charge in [0.15, 0.2) is 0 Å². The summed E-state index contributed by atoms with van der Waals surface area (Å²) in [6.07, 6.45) is 1.12. The van der Waals surface area contributed by atoms with E-state index in [-0.39, 0.29) is 5.54 Å². The third-order valence-electron chi connectivity index (χ3n) is 5.66. The maximum absolute atomic E-state index is 2.63. The Morgan fingerprint density at radius 2 is 1.52 bits per heavy atom. The van der Waals surface area contributed by atoms with Crippen LogP contribution in [0, 0.1) is 6.92 Å². The third-order valence-corrected chi connectivity index (χ3v) is 5.66. The van der Waals surface area contributed by atoms with Gasteiger partial charge in [0.05, 0.1) is 5.54 Å². The lowest BCUT2D eigenvalue weighted by Gasteiger charge is -2.47. The van der Waals surface area contributed by atoms with Crippen LogP contribution < -0.4 is 0 Å². The molecule has 0 fully saturated rings. The van der Waals surface area contributed by atoms with Gasteiger partial charge in [-0.3, -0.25) is 4.90 Å². The molecule has 0 N–H and O–H groups in total. The normalized spacial score (nSPS) is 20.2. The molecule has 0 bridgehead atoms. The molecule has 1 aliphatic heterocycles. The quantitative estimate of drug-likeness (QED) is 0.629. The highest BCUT2D eigenvalue weighted by molar-refractivity contribution is 5.45. The Morgan fingerprint density at radius 1 is 0.840 bits per heavy atom. The van der Waals surface area contributed by atoms with Crippen molar-refractivity contribution in [2.75, 3.05) is 6.54 Å². The molecular weight excluding hydrogens is 302 g/mol. The molecule has 0 amide bonds. The number of aryl methyl sites for hydroxylation is 1. The van der Waals surface area contributed by atoms with Crippen LogP contribution in [0.25, 0.3) is 0 Å². The summed E-state index contributed by atoms with van der Waals surface area (Å²) in [6.45, 7) is 6.59. The molecular formula is C24H25N. The van der Waals surface area contributed by atoms with E-state index in [0.717, 1.165) is 19.5 Å². The molecule has 4 rings (SSSR count). The minimum Gasteiger partial charge on any atom is -0.285 e. The van der Waals surface area contributed by atoms with Crippen LogP contribution in [0.1, 0.15) is 34.7 Å². The van der Waals surface area contributed by atoms with E-state index >= 15 is 0 Å². The summed E-state index contributed by atoms with van der Waals surface area (Å²) in [5.41, 5.74) is 6.89. The molecule has 0 saturated carbocycles. The second-order valence-electron chi connectivity index (χ2n) is 7.25. The summed E-state index contributed by atoms with van der Waals surface area (Å²) in [6, 6.07) is 28.8. The summed E-state index contributed by atoms with van der Waals surface area (Å²) < 4.78 is 0. The van der Waals surface area contributed by atoms with Gasteiger partial charge >= 0.3 is 0 Å². The van der Waals surface area contributed by atoms with E-state index in [9.17, 15) is 0 Å². The van der Waals surface area contributed by atoms with Crippen molar-refractivity contribution in [2.45, 2.75) is 32.4 Å². The van der Waals surface area contributed by atoms with E-state index in [2.05, 4.69) is 97.6 Å². The summed E-state index contributed by atoms with van der Waals surface area (Å²) in [5.74, 6) is 0. The van der Waals surface area contributed by atoms with Crippen molar-refractivity contribution in [2.24, 2.45) is 0 Å². The number of fused-ring (bicyclic) bond motifs is 1. The van der Waals surface area contributed by atoms with Gasteiger partial charge in [-0.25, -0.2) is 0 Å². The molecule has 0 radical (unpaired) electrons. The Balaban J connectivity index is 1.82. The van der Waals surface area contributed by atoms with Gasteiger partial charge in [-0.2, -0.15) is 0 Å². The van der Waals surface area contributed by atoms with Crippen molar-refractivity contribution in [3.8, 4) is 0 Å².